The Morgan fingerprint density at radius 3 is 2.29 bits per heavy atom. The van der Waals surface area contributed by atoms with Crippen molar-refractivity contribution in [1.29, 1.82) is 0 Å². The standard InChI is InChI=1S/C22H18F3N5O/c1-15-6-8-16(9-7-15)17-10-11-20(26-12-17)22(24,25)21(31,13-30-14-27-28-29-30)18-4-2-3-5-19(18)23/h2-12,14,31H,13H2,1H3. The molecule has 0 aliphatic rings. The third kappa shape index (κ3) is 3.79. The highest BCUT2D eigenvalue weighted by Gasteiger charge is 2.57. The fraction of sp³-hybridized carbons (Fsp3) is 0.182. The molecule has 4 aromatic rings. The van der Waals surface area contributed by atoms with Gasteiger partial charge in [0.2, 0.25) is 0 Å². The Kier molecular flexibility index (Phi) is 5.28. The zero-order valence-electron chi connectivity index (χ0n) is 16.5. The Hall–Kier alpha value is -3.59. The summed E-state index contributed by atoms with van der Waals surface area (Å²) in [6.07, 6.45) is 2.36. The van der Waals surface area contributed by atoms with Gasteiger partial charge in [-0.1, -0.05) is 54.1 Å². The molecule has 0 bridgehead atoms. The molecular weight excluding hydrogens is 407 g/mol. The van der Waals surface area contributed by atoms with Crippen LogP contribution in [0, 0.1) is 12.7 Å². The van der Waals surface area contributed by atoms with Gasteiger partial charge in [-0.2, -0.15) is 8.78 Å². The minimum absolute atomic E-state index is 0.583. The number of hydrogen-bond acceptors (Lipinski definition) is 5. The SMILES string of the molecule is Cc1ccc(-c2ccc(C(F)(F)C(O)(Cn3cnnn3)c3ccccc3F)nc2)cc1. The average molecular weight is 425 g/mol. The van der Waals surface area contributed by atoms with Crippen LogP contribution in [0.3, 0.4) is 0 Å². The number of aromatic nitrogens is 5. The first kappa shape index (κ1) is 20.7. The second-order valence-corrected chi connectivity index (χ2v) is 7.22. The molecule has 4 rings (SSSR count). The van der Waals surface area contributed by atoms with E-state index in [1.165, 1.54) is 24.4 Å². The molecule has 6 nitrogen and oxygen atoms in total. The third-order valence-corrected chi connectivity index (χ3v) is 5.09. The molecule has 1 unspecified atom stereocenters. The lowest BCUT2D eigenvalue weighted by Gasteiger charge is -2.35. The van der Waals surface area contributed by atoms with Gasteiger partial charge in [-0.3, -0.25) is 4.98 Å². The molecule has 158 valence electrons. The maximum absolute atomic E-state index is 15.7. The molecule has 0 fully saturated rings. The molecule has 2 heterocycles. The third-order valence-electron chi connectivity index (χ3n) is 5.09. The zero-order chi connectivity index (χ0) is 22.1. The molecule has 0 spiro atoms. The Labute approximate surface area is 176 Å². The summed E-state index contributed by atoms with van der Waals surface area (Å²) in [4.78, 5) is 3.91. The van der Waals surface area contributed by atoms with Crippen molar-refractivity contribution in [3.8, 4) is 11.1 Å². The normalized spacial score (nSPS) is 13.7. The van der Waals surface area contributed by atoms with Crippen LogP contribution in [0.25, 0.3) is 11.1 Å². The summed E-state index contributed by atoms with van der Waals surface area (Å²) in [5, 5.41) is 21.5. The monoisotopic (exact) mass is 425 g/mol. The van der Waals surface area contributed by atoms with Crippen LogP contribution < -0.4 is 0 Å². The second kappa shape index (κ2) is 7.92. The predicted molar refractivity (Wildman–Crippen MR) is 106 cm³/mol. The molecule has 0 amide bonds. The number of hydrogen-bond donors (Lipinski definition) is 1. The van der Waals surface area contributed by atoms with E-state index in [2.05, 4.69) is 20.5 Å². The van der Waals surface area contributed by atoms with Gasteiger partial charge in [0.05, 0.1) is 6.54 Å². The van der Waals surface area contributed by atoms with Crippen LogP contribution >= 0.6 is 0 Å². The molecule has 1 N–H and O–H groups in total. The average Bonchev–Trinajstić information content (AvgIpc) is 3.27. The van der Waals surface area contributed by atoms with E-state index in [0.29, 0.717) is 5.56 Å². The summed E-state index contributed by atoms with van der Waals surface area (Å²) in [7, 11) is 0. The van der Waals surface area contributed by atoms with Gasteiger partial charge < -0.3 is 5.11 Å². The summed E-state index contributed by atoms with van der Waals surface area (Å²) in [6, 6.07) is 15.0. The van der Waals surface area contributed by atoms with Gasteiger partial charge in [0, 0.05) is 17.3 Å². The summed E-state index contributed by atoms with van der Waals surface area (Å²) < 4.78 is 46.8. The predicted octanol–water partition coefficient (Wildman–Crippen LogP) is 3.86. The molecule has 0 aliphatic heterocycles. The molecule has 2 aromatic carbocycles. The van der Waals surface area contributed by atoms with Crippen LogP contribution in [-0.2, 0) is 18.1 Å². The fourth-order valence-corrected chi connectivity index (χ4v) is 3.35. The number of nitrogens with zero attached hydrogens (tertiary/aromatic N) is 5. The highest BCUT2D eigenvalue weighted by molar-refractivity contribution is 5.62. The highest BCUT2D eigenvalue weighted by Crippen LogP contribution is 2.46. The van der Waals surface area contributed by atoms with E-state index in [1.54, 1.807) is 0 Å². The van der Waals surface area contributed by atoms with E-state index >= 15 is 8.78 Å². The van der Waals surface area contributed by atoms with Crippen molar-refractivity contribution in [2.45, 2.75) is 25.0 Å². The van der Waals surface area contributed by atoms with Crippen LogP contribution in [0.5, 0.6) is 0 Å². The number of halogens is 3. The van der Waals surface area contributed by atoms with E-state index in [1.807, 2.05) is 31.2 Å². The van der Waals surface area contributed by atoms with Gasteiger partial charge in [-0.15, -0.1) is 5.10 Å². The largest absolute Gasteiger partial charge is 0.377 e. The maximum Gasteiger partial charge on any atom is 0.323 e. The molecular formula is C22H18F3N5O. The van der Waals surface area contributed by atoms with Crippen LogP contribution in [-0.4, -0.2) is 30.3 Å². The van der Waals surface area contributed by atoms with Gasteiger partial charge in [0.25, 0.3) is 0 Å². The number of aliphatic hydroxyl groups is 1. The molecule has 9 heteroatoms. The number of tetrazole rings is 1. The van der Waals surface area contributed by atoms with Crippen LogP contribution in [0.2, 0.25) is 0 Å². The quantitative estimate of drug-likeness (QED) is 0.508. The topological polar surface area (TPSA) is 76.7 Å². The first-order valence-corrected chi connectivity index (χ1v) is 9.41. The van der Waals surface area contributed by atoms with Gasteiger partial charge in [-0.05, 0) is 35.0 Å². The summed E-state index contributed by atoms with van der Waals surface area (Å²) in [6.45, 7) is 1.16. The fourth-order valence-electron chi connectivity index (χ4n) is 3.35. The van der Waals surface area contributed by atoms with Crippen molar-refractivity contribution < 1.29 is 18.3 Å². The minimum atomic E-state index is -3.97. The summed E-state index contributed by atoms with van der Waals surface area (Å²) >= 11 is 0. The van der Waals surface area contributed by atoms with E-state index < -0.39 is 35.1 Å². The molecule has 0 saturated carbocycles. The van der Waals surface area contributed by atoms with Gasteiger partial charge in [0.15, 0.2) is 5.60 Å². The first-order valence-electron chi connectivity index (χ1n) is 9.41. The van der Waals surface area contributed by atoms with E-state index in [9.17, 15) is 9.50 Å². The Bertz CT molecular complexity index is 1160. The van der Waals surface area contributed by atoms with Crippen LogP contribution in [0.15, 0.2) is 73.2 Å². The van der Waals surface area contributed by atoms with Gasteiger partial charge >= 0.3 is 5.92 Å². The second-order valence-electron chi connectivity index (χ2n) is 7.22. The van der Waals surface area contributed by atoms with Crippen LogP contribution in [0.1, 0.15) is 16.8 Å². The minimum Gasteiger partial charge on any atom is -0.377 e. The van der Waals surface area contributed by atoms with Crippen molar-refractivity contribution in [3.63, 3.8) is 0 Å². The number of aryl methyl sites for hydroxylation is 1. The van der Waals surface area contributed by atoms with Crippen LogP contribution in [0.4, 0.5) is 13.2 Å². The van der Waals surface area contributed by atoms with Crippen molar-refractivity contribution in [1.82, 2.24) is 25.2 Å². The molecule has 1 atom stereocenters. The molecule has 0 saturated heterocycles. The van der Waals surface area contributed by atoms with Crippen molar-refractivity contribution in [3.05, 3.63) is 95.8 Å². The Morgan fingerprint density at radius 2 is 1.68 bits per heavy atom. The number of pyridine rings is 1. The van der Waals surface area contributed by atoms with Gasteiger partial charge in [0.1, 0.15) is 17.8 Å². The molecule has 0 radical (unpaired) electrons. The lowest BCUT2D eigenvalue weighted by molar-refractivity contribution is -0.207. The van der Waals surface area contributed by atoms with E-state index in [-0.39, 0.29) is 0 Å². The molecule has 0 aliphatic carbocycles. The number of rotatable bonds is 6. The van der Waals surface area contributed by atoms with E-state index in [0.717, 1.165) is 40.3 Å². The molecule has 2 aromatic heterocycles. The molecule has 31 heavy (non-hydrogen) atoms. The lowest BCUT2D eigenvalue weighted by atomic mass is 9.84. The van der Waals surface area contributed by atoms with E-state index in [4.69, 9.17) is 0 Å². The highest BCUT2D eigenvalue weighted by atomic mass is 19.3. The van der Waals surface area contributed by atoms with Crippen molar-refractivity contribution >= 4 is 0 Å². The first-order chi connectivity index (χ1) is 14.8. The smallest absolute Gasteiger partial charge is 0.323 e. The van der Waals surface area contributed by atoms with Crippen molar-refractivity contribution in [2.24, 2.45) is 0 Å². The van der Waals surface area contributed by atoms with Gasteiger partial charge in [-0.25, -0.2) is 9.07 Å². The number of alkyl halides is 2. The Morgan fingerprint density at radius 1 is 0.968 bits per heavy atom. The zero-order valence-corrected chi connectivity index (χ0v) is 16.5. The summed E-state index contributed by atoms with van der Waals surface area (Å²) in [5.74, 6) is -4.94. The lowest BCUT2D eigenvalue weighted by Crippen LogP contribution is -2.48. The number of benzene rings is 2. The van der Waals surface area contributed by atoms with Crippen molar-refractivity contribution in [2.75, 3.05) is 0 Å². The summed E-state index contributed by atoms with van der Waals surface area (Å²) in [5.41, 5.74) is -1.77. The Balaban J connectivity index is 1.76. The maximum atomic E-state index is 15.7.